The highest BCUT2D eigenvalue weighted by atomic mass is 19.3. The van der Waals surface area contributed by atoms with Gasteiger partial charge in [0.15, 0.2) is 0 Å². The van der Waals surface area contributed by atoms with Gasteiger partial charge in [0.1, 0.15) is 5.78 Å². The van der Waals surface area contributed by atoms with Crippen LogP contribution in [0.25, 0.3) is 0 Å². The number of alkyl halides is 2. The number of likely N-dealkylation sites (tertiary alicyclic amines) is 1. The molecule has 1 amide bonds. The summed E-state index contributed by atoms with van der Waals surface area (Å²) in [5, 5.41) is 0. The molecular weight excluding hydrogens is 192 g/mol. The third-order valence-electron chi connectivity index (χ3n) is 2.33. The monoisotopic (exact) mass is 205 g/mol. The molecule has 0 aromatic carbocycles. The minimum atomic E-state index is -3.33. The molecule has 1 saturated heterocycles. The summed E-state index contributed by atoms with van der Waals surface area (Å²) in [7, 11) is 0. The minimum Gasteiger partial charge on any atom is -0.336 e. The number of hydrogen-bond donors (Lipinski definition) is 0. The number of hydrogen-bond acceptors (Lipinski definition) is 2. The number of Topliss-reactive ketones (excluding diaryl/α,β-unsaturated/α-hetero) is 1. The predicted octanol–water partition coefficient (Wildman–Crippen LogP) is 1.08. The van der Waals surface area contributed by atoms with Crippen LogP contribution in [0.1, 0.15) is 20.3 Å². The molecule has 5 heteroatoms. The van der Waals surface area contributed by atoms with Crippen molar-refractivity contribution in [2.45, 2.75) is 26.2 Å². The molecule has 1 fully saturated rings. The van der Waals surface area contributed by atoms with Gasteiger partial charge >= 0.3 is 5.92 Å². The molecule has 1 rings (SSSR count). The lowest BCUT2D eigenvalue weighted by molar-refractivity contribution is -0.157. The molecule has 3 nitrogen and oxygen atoms in total. The van der Waals surface area contributed by atoms with E-state index in [1.165, 1.54) is 0 Å². The first-order valence-corrected chi connectivity index (χ1v) is 4.52. The number of rotatable bonds is 1. The predicted molar refractivity (Wildman–Crippen MR) is 46.0 cm³/mol. The molecule has 80 valence electrons. The summed E-state index contributed by atoms with van der Waals surface area (Å²) >= 11 is 0. The highest BCUT2D eigenvalue weighted by Crippen LogP contribution is 2.20. The first kappa shape index (κ1) is 11.1. The van der Waals surface area contributed by atoms with Gasteiger partial charge in [0.2, 0.25) is 0 Å². The molecular formula is C9H13F2NO2. The first-order chi connectivity index (χ1) is 6.32. The van der Waals surface area contributed by atoms with Crippen LogP contribution in [0.4, 0.5) is 8.78 Å². The van der Waals surface area contributed by atoms with Crippen molar-refractivity contribution in [3.05, 3.63) is 0 Å². The summed E-state index contributed by atoms with van der Waals surface area (Å²) in [4.78, 5) is 23.3. The van der Waals surface area contributed by atoms with E-state index in [-0.39, 0.29) is 31.2 Å². The Bertz CT molecular complexity index is 260. The molecule has 1 heterocycles. The maximum atomic E-state index is 12.6. The zero-order valence-corrected chi connectivity index (χ0v) is 8.22. The van der Waals surface area contributed by atoms with E-state index in [1.807, 2.05) is 0 Å². The Morgan fingerprint density at radius 2 is 2.14 bits per heavy atom. The number of carbonyl (C=O) groups is 2. The van der Waals surface area contributed by atoms with Gasteiger partial charge in [-0.15, -0.1) is 0 Å². The second-order valence-electron chi connectivity index (χ2n) is 3.76. The number of carbonyl (C=O) groups excluding carboxylic acids is 2. The normalized spacial score (nSPS) is 23.9. The fraction of sp³-hybridized carbons (Fsp3) is 0.778. The molecule has 1 unspecified atom stereocenters. The first-order valence-electron chi connectivity index (χ1n) is 4.52. The van der Waals surface area contributed by atoms with E-state index in [0.717, 1.165) is 4.90 Å². The zero-order valence-electron chi connectivity index (χ0n) is 8.22. The van der Waals surface area contributed by atoms with Crippen LogP contribution in [0.2, 0.25) is 0 Å². The van der Waals surface area contributed by atoms with Gasteiger partial charge < -0.3 is 4.90 Å². The number of nitrogens with zero attached hydrogens (tertiary/aromatic N) is 1. The third kappa shape index (κ3) is 2.27. The fourth-order valence-electron chi connectivity index (χ4n) is 1.48. The van der Waals surface area contributed by atoms with E-state index >= 15 is 0 Å². The van der Waals surface area contributed by atoms with Crippen LogP contribution in [0.5, 0.6) is 0 Å². The smallest absolute Gasteiger partial charge is 0.322 e. The Morgan fingerprint density at radius 3 is 2.57 bits per heavy atom. The lowest BCUT2D eigenvalue weighted by Crippen LogP contribution is -2.48. The van der Waals surface area contributed by atoms with Crippen LogP contribution < -0.4 is 0 Å². The van der Waals surface area contributed by atoms with E-state index < -0.39 is 11.8 Å². The second kappa shape index (κ2) is 3.63. The number of halogens is 2. The van der Waals surface area contributed by atoms with E-state index in [0.29, 0.717) is 6.92 Å². The number of piperidine rings is 1. The summed E-state index contributed by atoms with van der Waals surface area (Å²) < 4.78 is 25.3. The largest absolute Gasteiger partial charge is 0.336 e. The van der Waals surface area contributed by atoms with Crippen LogP contribution in [0.3, 0.4) is 0 Å². The summed E-state index contributed by atoms with van der Waals surface area (Å²) in [6.45, 7) is 2.46. The third-order valence-corrected chi connectivity index (χ3v) is 2.33. The fourth-order valence-corrected chi connectivity index (χ4v) is 1.48. The Hall–Kier alpha value is -1.00. The molecule has 0 bridgehead atoms. The summed E-state index contributed by atoms with van der Waals surface area (Å²) in [5.74, 6) is -4.81. The van der Waals surface area contributed by atoms with Crippen LogP contribution in [-0.4, -0.2) is 35.6 Å². The van der Waals surface area contributed by atoms with Gasteiger partial charge in [-0.3, -0.25) is 9.59 Å². The van der Waals surface area contributed by atoms with Crippen molar-refractivity contribution in [2.24, 2.45) is 5.92 Å². The molecule has 0 spiro atoms. The van der Waals surface area contributed by atoms with Crippen molar-refractivity contribution in [3.63, 3.8) is 0 Å². The number of ketones is 1. The Balaban J connectivity index is 2.64. The molecule has 0 aromatic rings. The zero-order chi connectivity index (χ0) is 10.9. The maximum Gasteiger partial charge on any atom is 0.322 e. The van der Waals surface area contributed by atoms with Crippen molar-refractivity contribution in [1.82, 2.24) is 4.90 Å². The van der Waals surface area contributed by atoms with E-state index in [1.54, 1.807) is 6.92 Å². The second-order valence-corrected chi connectivity index (χ2v) is 3.76. The van der Waals surface area contributed by atoms with Crippen molar-refractivity contribution in [2.75, 3.05) is 13.1 Å². The van der Waals surface area contributed by atoms with Crippen LogP contribution >= 0.6 is 0 Å². The minimum absolute atomic E-state index is 0.0356. The molecule has 1 atom stereocenters. The SMILES string of the molecule is CC1CN(C(=O)C(C)(F)F)CCC1=O. The number of amides is 1. The van der Waals surface area contributed by atoms with Crippen molar-refractivity contribution < 1.29 is 18.4 Å². The van der Waals surface area contributed by atoms with Gasteiger partial charge in [-0.1, -0.05) is 6.92 Å². The van der Waals surface area contributed by atoms with E-state index in [9.17, 15) is 18.4 Å². The average molecular weight is 205 g/mol. The summed E-state index contributed by atoms with van der Waals surface area (Å²) in [5.41, 5.74) is 0. The Kier molecular flexibility index (Phi) is 2.87. The highest BCUT2D eigenvalue weighted by molar-refractivity contribution is 5.87. The maximum absolute atomic E-state index is 12.6. The van der Waals surface area contributed by atoms with E-state index in [4.69, 9.17) is 0 Å². The van der Waals surface area contributed by atoms with Gasteiger partial charge in [0.25, 0.3) is 5.91 Å². The quantitative estimate of drug-likeness (QED) is 0.642. The highest BCUT2D eigenvalue weighted by Gasteiger charge is 2.39. The Labute approximate surface area is 81.1 Å². The molecule has 1 aliphatic rings. The van der Waals surface area contributed by atoms with Crippen molar-refractivity contribution in [1.29, 1.82) is 0 Å². The topological polar surface area (TPSA) is 37.4 Å². The summed E-state index contributed by atoms with van der Waals surface area (Å²) in [6.07, 6.45) is 0.184. The molecule has 0 aliphatic carbocycles. The molecule has 14 heavy (non-hydrogen) atoms. The molecule has 1 aliphatic heterocycles. The van der Waals surface area contributed by atoms with Gasteiger partial charge in [-0.2, -0.15) is 8.78 Å². The van der Waals surface area contributed by atoms with Crippen LogP contribution in [-0.2, 0) is 9.59 Å². The van der Waals surface area contributed by atoms with Crippen LogP contribution in [0.15, 0.2) is 0 Å². The van der Waals surface area contributed by atoms with Gasteiger partial charge in [0, 0.05) is 32.4 Å². The van der Waals surface area contributed by atoms with E-state index in [2.05, 4.69) is 0 Å². The van der Waals surface area contributed by atoms with Crippen molar-refractivity contribution in [3.8, 4) is 0 Å². The standard InChI is InChI=1S/C9H13F2NO2/c1-6-5-12(4-3-7(6)13)8(14)9(2,10)11/h6H,3-5H2,1-2H3. The van der Waals surface area contributed by atoms with Gasteiger partial charge in [0.05, 0.1) is 0 Å². The van der Waals surface area contributed by atoms with Gasteiger partial charge in [-0.05, 0) is 0 Å². The Morgan fingerprint density at radius 1 is 1.57 bits per heavy atom. The molecule has 0 radical (unpaired) electrons. The lowest BCUT2D eigenvalue weighted by atomic mass is 9.98. The lowest BCUT2D eigenvalue weighted by Gasteiger charge is -2.31. The summed E-state index contributed by atoms with van der Waals surface area (Å²) in [6, 6.07) is 0. The van der Waals surface area contributed by atoms with Crippen molar-refractivity contribution >= 4 is 11.7 Å². The molecule has 0 aromatic heterocycles. The van der Waals surface area contributed by atoms with Crippen LogP contribution in [0, 0.1) is 5.92 Å². The molecule has 0 N–H and O–H groups in total. The van der Waals surface area contributed by atoms with Gasteiger partial charge in [-0.25, -0.2) is 0 Å². The molecule has 0 saturated carbocycles. The average Bonchev–Trinajstić information content (AvgIpc) is 2.07.